The number of aromatic hydroxyl groups is 1. The Morgan fingerprint density at radius 2 is 1.46 bits per heavy atom. The maximum atomic E-state index is 14.0. The predicted molar refractivity (Wildman–Crippen MR) is 251 cm³/mol. The molecule has 0 saturated carbocycles. The van der Waals surface area contributed by atoms with Crippen LogP contribution in [0.2, 0.25) is 0 Å². The smallest absolute Gasteiger partial charge is 0.245 e. The number of benzene rings is 1. The number of guanidine groups is 1. The first-order chi connectivity index (χ1) is 33.3. The van der Waals surface area contributed by atoms with Gasteiger partial charge in [0.15, 0.2) is 5.96 Å². The molecule has 7 atom stereocenters. The van der Waals surface area contributed by atoms with Gasteiger partial charge in [-0.1, -0.05) is 26.0 Å². The Morgan fingerprint density at radius 1 is 0.786 bits per heavy atom. The molecular formula is C44H67N15O11. The molecule has 26 heteroatoms. The van der Waals surface area contributed by atoms with E-state index in [0.29, 0.717) is 37.1 Å². The van der Waals surface area contributed by atoms with E-state index in [4.69, 9.17) is 17.2 Å². The average molecular weight is 982 g/mol. The number of rotatable bonds is 27. The van der Waals surface area contributed by atoms with Gasteiger partial charge in [0.2, 0.25) is 53.2 Å². The van der Waals surface area contributed by atoms with Crippen molar-refractivity contribution in [3.05, 3.63) is 48.0 Å². The number of aromatic amines is 1. The Kier molecular flexibility index (Phi) is 21.8. The second-order valence-electron chi connectivity index (χ2n) is 17.5. The van der Waals surface area contributed by atoms with Crippen LogP contribution in [0.15, 0.2) is 41.8 Å². The summed E-state index contributed by atoms with van der Waals surface area (Å²) in [5.41, 5.74) is 17.1. The summed E-state index contributed by atoms with van der Waals surface area (Å²) in [7, 11) is 0. The summed E-state index contributed by atoms with van der Waals surface area (Å²) >= 11 is 0. The fourth-order valence-electron chi connectivity index (χ4n) is 7.89. The highest BCUT2D eigenvalue weighted by atomic mass is 16.3. The Balaban J connectivity index is 1.45. The number of nitrogens with zero attached hydrogens (tertiary/aromatic N) is 3. The van der Waals surface area contributed by atoms with Crippen LogP contribution in [0.3, 0.4) is 0 Å². The number of carbonyl (C=O) groups is 9. The normalized spacial score (nSPS) is 17.5. The van der Waals surface area contributed by atoms with Crippen LogP contribution in [-0.4, -0.2) is 166 Å². The number of nitrogens with one attached hydrogen (secondary N) is 9. The van der Waals surface area contributed by atoms with Crippen molar-refractivity contribution in [2.45, 2.75) is 114 Å². The molecular weight excluding hydrogens is 915 g/mol. The lowest BCUT2D eigenvalue weighted by Gasteiger charge is -2.30. The van der Waals surface area contributed by atoms with Gasteiger partial charge >= 0.3 is 0 Å². The number of hydrogen-bond donors (Lipinski definition) is 14. The van der Waals surface area contributed by atoms with Crippen molar-refractivity contribution in [3.8, 4) is 5.75 Å². The number of primary amides is 1. The first-order valence-electron chi connectivity index (χ1n) is 23.1. The molecule has 9 amide bonds. The van der Waals surface area contributed by atoms with Crippen LogP contribution < -0.4 is 59.7 Å². The summed E-state index contributed by atoms with van der Waals surface area (Å²) in [6.45, 7) is 2.50. The van der Waals surface area contributed by atoms with Gasteiger partial charge < -0.3 is 79.8 Å². The monoisotopic (exact) mass is 982 g/mol. The van der Waals surface area contributed by atoms with Crippen LogP contribution in [0.5, 0.6) is 5.75 Å². The van der Waals surface area contributed by atoms with Gasteiger partial charge in [0.05, 0.1) is 32.1 Å². The van der Waals surface area contributed by atoms with Gasteiger partial charge in [0.1, 0.15) is 42.0 Å². The standard InChI is InChI=1S/C44H67N15O11/c1-24(2)16-30(39(66)55-29(7-4-14-50-44(46)47)43(70)59-15-5-8-34(59)42(69)51-20-35(45)62)54-36(63)21-52-37(64)31(17-25-9-11-27(61)12-10-25)56-41(68)33(22-60)58-40(67)32(18-26-19-48-23-53-26)57-38(65)28-6-3-13-49-28/h9-12,19,23-24,28-34,49,60-61H,3-8,13-18,20-22H2,1-2H3,(H2,45,62)(H,48,53)(H,51,69)(H,52,64)(H,54,63)(H,55,66)(H,56,68)(H,57,65)(H,58,67)(H4,46,47,50)/t28-,29?,30?,31?,32?,33?,34-/m0/s1. The van der Waals surface area contributed by atoms with Crippen LogP contribution in [0.4, 0.5) is 0 Å². The van der Waals surface area contributed by atoms with Crippen molar-refractivity contribution >= 4 is 59.1 Å². The van der Waals surface area contributed by atoms with Crippen molar-refractivity contribution in [2.75, 3.05) is 39.3 Å². The number of hydrogen-bond acceptors (Lipinski definition) is 14. The third-order valence-electron chi connectivity index (χ3n) is 11.4. The molecule has 384 valence electrons. The maximum Gasteiger partial charge on any atom is 0.245 e. The van der Waals surface area contributed by atoms with Crippen molar-refractivity contribution < 1.29 is 53.4 Å². The number of carbonyl (C=O) groups excluding carboxylic acids is 9. The van der Waals surface area contributed by atoms with Crippen LogP contribution in [0, 0.1) is 5.92 Å². The number of imidazole rings is 1. The number of aliphatic imine (C=N–C) groups is 1. The second-order valence-corrected chi connectivity index (χ2v) is 17.5. The third kappa shape index (κ3) is 17.9. The first kappa shape index (κ1) is 55.2. The molecule has 2 aromatic rings. The topological polar surface area (TPSA) is 413 Å². The highest BCUT2D eigenvalue weighted by molar-refractivity contribution is 5.97. The summed E-state index contributed by atoms with van der Waals surface area (Å²) in [4.78, 5) is 132. The van der Waals surface area contributed by atoms with Gasteiger partial charge in [0, 0.05) is 37.8 Å². The highest BCUT2D eigenvalue weighted by Gasteiger charge is 2.39. The number of aliphatic hydroxyl groups is 1. The van der Waals surface area contributed by atoms with E-state index in [2.05, 4.69) is 57.5 Å². The summed E-state index contributed by atoms with van der Waals surface area (Å²) in [5, 5.41) is 41.1. The van der Waals surface area contributed by atoms with Crippen LogP contribution in [0.1, 0.15) is 70.1 Å². The van der Waals surface area contributed by atoms with E-state index in [0.717, 1.165) is 6.42 Å². The minimum atomic E-state index is -1.61. The lowest BCUT2D eigenvalue weighted by molar-refractivity contribution is -0.142. The number of phenols is 1. The molecule has 3 heterocycles. The van der Waals surface area contributed by atoms with Gasteiger partial charge in [0.25, 0.3) is 0 Å². The minimum absolute atomic E-state index is 0.0307. The molecule has 4 rings (SSSR count). The van der Waals surface area contributed by atoms with E-state index in [-0.39, 0.29) is 62.8 Å². The highest BCUT2D eigenvalue weighted by Crippen LogP contribution is 2.20. The number of aliphatic hydroxyl groups excluding tert-OH is 1. The fraction of sp³-hybridized carbons (Fsp3) is 0.568. The van der Waals surface area contributed by atoms with Crippen molar-refractivity contribution in [2.24, 2.45) is 28.1 Å². The molecule has 70 heavy (non-hydrogen) atoms. The molecule has 2 fully saturated rings. The number of aromatic nitrogens is 2. The maximum absolute atomic E-state index is 14.0. The van der Waals surface area contributed by atoms with E-state index in [1.807, 2.05) is 0 Å². The quantitative estimate of drug-likeness (QED) is 0.0226. The molecule has 0 bridgehead atoms. The van der Waals surface area contributed by atoms with Gasteiger partial charge in [-0.25, -0.2) is 4.98 Å². The minimum Gasteiger partial charge on any atom is -0.508 e. The lowest BCUT2D eigenvalue weighted by Crippen LogP contribution is -2.60. The van der Waals surface area contributed by atoms with Crippen LogP contribution in [-0.2, 0) is 56.0 Å². The molecule has 2 aliphatic rings. The van der Waals surface area contributed by atoms with E-state index in [1.54, 1.807) is 13.8 Å². The predicted octanol–water partition coefficient (Wildman–Crippen LogP) is -5.12. The Morgan fingerprint density at radius 3 is 2.09 bits per heavy atom. The molecule has 17 N–H and O–H groups in total. The Bertz CT molecular complexity index is 2150. The fourth-order valence-corrected chi connectivity index (χ4v) is 7.89. The number of nitrogens with two attached hydrogens (primary N) is 3. The molecule has 0 aliphatic carbocycles. The van der Waals surface area contributed by atoms with E-state index in [1.165, 1.54) is 41.7 Å². The second kappa shape index (κ2) is 27.6. The van der Waals surface area contributed by atoms with Crippen molar-refractivity contribution in [3.63, 3.8) is 0 Å². The molecule has 0 radical (unpaired) electrons. The van der Waals surface area contributed by atoms with Crippen LogP contribution >= 0.6 is 0 Å². The molecule has 1 aromatic heterocycles. The van der Waals surface area contributed by atoms with Crippen molar-refractivity contribution in [1.29, 1.82) is 0 Å². The zero-order valence-electron chi connectivity index (χ0n) is 39.3. The molecule has 26 nitrogen and oxygen atoms in total. The number of likely N-dealkylation sites (tertiary alicyclic amines) is 1. The zero-order valence-corrected chi connectivity index (χ0v) is 39.3. The van der Waals surface area contributed by atoms with Crippen molar-refractivity contribution in [1.82, 2.24) is 57.4 Å². The summed E-state index contributed by atoms with van der Waals surface area (Å²) in [5.74, 6) is -6.99. The molecule has 5 unspecified atom stereocenters. The third-order valence-corrected chi connectivity index (χ3v) is 11.4. The van der Waals surface area contributed by atoms with Gasteiger partial charge in [-0.2, -0.15) is 0 Å². The first-order valence-corrected chi connectivity index (χ1v) is 23.1. The zero-order chi connectivity index (χ0) is 51.3. The van der Waals surface area contributed by atoms with Gasteiger partial charge in [-0.3, -0.25) is 48.1 Å². The summed E-state index contributed by atoms with van der Waals surface area (Å²) in [6.07, 6.45) is 5.13. The molecule has 0 spiro atoms. The summed E-state index contributed by atoms with van der Waals surface area (Å²) in [6, 6.07) is -2.36. The largest absolute Gasteiger partial charge is 0.508 e. The Labute approximate surface area is 404 Å². The number of amides is 9. The number of H-pyrrole nitrogens is 1. The molecule has 2 aliphatic heterocycles. The molecule has 2 saturated heterocycles. The van der Waals surface area contributed by atoms with E-state index < -0.39 is 115 Å². The van der Waals surface area contributed by atoms with Gasteiger partial charge in [-0.15, -0.1) is 0 Å². The summed E-state index contributed by atoms with van der Waals surface area (Å²) < 4.78 is 0. The van der Waals surface area contributed by atoms with E-state index >= 15 is 0 Å². The van der Waals surface area contributed by atoms with Gasteiger partial charge in [-0.05, 0) is 75.1 Å². The number of phenolic OH excluding ortho intramolecular Hbond substituents is 1. The average Bonchev–Trinajstić information content (AvgIpc) is 4.14. The Hall–Kier alpha value is -7.35. The SMILES string of the molecule is CC(C)CC(NC(=O)CNC(=O)C(Cc1ccc(O)cc1)NC(=O)C(CO)NC(=O)C(Cc1cnc[nH]1)NC(=O)[C@@H]1CCCN1)C(=O)NC(CCCN=C(N)N)C(=O)N1CCC[C@H]1C(=O)NCC(N)=O. The van der Waals surface area contributed by atoms with E-state index in [9.17, 15) is 53.4 Å². The molecule has 1 aromatic carbocycles. The lowest BCUT2D eigenvalue weighted by atomic mass is 10.0. The van der Waals surface area contributed by atoms with Crippen LogP contribution in [0.25, 0.3) is 0 Å².